The summed E-state index contributed by atoms with van der Waals surface area (Å²) in [6, 6.07) is 0. The summed E-state index contributed by atoms with van der Waals surface area (Å²) in [5.74, 6) is 0. The van der Waals surface area contributed by atoms with Crippen LogP contribution >= 0.6 is 0 Å². The second kappa shape index (κ2) is 4.62. The van der Waals surface area contributed by atoms with E-state index in [1.54, 1.807) is 0 Å². The maximum Gasteiger partial charge on any atom is 1.00 e. The molecule has 0 amide bonds. The van der Waals surface area contributed by atoms with Crippen LogP contribution in [0.1, 0.15) is 6.92 Å². The molecule has 0 aromatic rings. The molecule has 7 heteroatoms. The van der Waals surface area contributed by atoms with Crippen molar-refractivity contribution in [2.24, 2.45) is 0 Å². The van der Waals surface area contributed by atoms with E-state index in [-0.39, 0.29) is 29.6 Å². The average molecular weight is 164 g/mol. The summed E-state index contributed by atoms with van der Waals surface area (Å²) < 4.78 is 31.9. The van der Waals surface area contributed by atoms with Gasteiger partial charge < -0.3 is 9.66 Å². The average Bonchev–Trinajstić information content (AvgIpc) is 1.21. The van der Waals surface area contributed by atoms with Crippen LogP contribution in [0, 0.1) is 0 Å². The summed E-state index contributed by atoms with van der Waals surface area (Å²) in [5.41, 5.74) is 0. The van der Waals surface area contributed by atoms with Gasteiger partial charge in [0, 0.05) is 0 Å². The van der Waals surface area contributed by atoms with Crippen LogP contribution in [0.15, 0.2) is 0 Å². The third kappa shape index (κ3) is 12.1. The molecule has 50 valence electrons. The zero-order valence-electron chi connectivity index (χ0n) is 5.07. The molecule has 0 spiro atoms. The van der Waals surface area contributed by atoms with Crippen molar-refractivity contribution in [3.8, 4) is 0 Å². The minimum absolute atomic E-state index is 0. The van der Waals surface area contributed by atoms with Crippen molar-refractivity contribution in [3.05, 3.63) is 0 Å². The van der Waals surface area contributed by atoms with Crippen LogP contribution in [0.4, 0.5) is 0 Å². The molecule has 0 aliphatic heterocycles. The molecule has 0 radical (unpaired) electrons. The minimum atomic E-state index is -4.72. The molecule has 0 bridgehead atoms. The van der Waals surface area contributed by atoms with E-state index in [4.69, 9.17) is 5.11 Å². The van der Waals surface area contributed by atoms with Crippen LogP contribution in [0.25, 0.3) is 0 Å². The van der Waals surface area contributed by atoms with Crippen LogP contribution < -0.4 is 29.6 Å². The standard InChI is InChI=1S/C2H6O5S.Na/c1-2(3)7-8(4,5)6;/h2-3H,1H3,(H,4,5,6);/q;+1/p-1. The first kappa shape index (κ1) is 12.5. The summed E-state index contributed by atoms with van der Waals surface area (Å²) >= 11 is 0. The van der Waals surface area contributed by atoms with E-state index in [0.717, 1.165) is 6.92 Å². The molecule has 1 N–H and O–H groups in total. The maximum absolute atomic E-state index is 9.50. The van der Waals surface area contributed by atoms with E-state index in [1.807, 2.05) is 0 Å². The van der Waals surface area contributed by atoms with Crippen molar-refractivity contribution in [3.63, 3.8) is 0 Å². The van der Waals surface area contributed by atoms with Gasteiger partial charge >= 0.3 is 29.6 Å². The molecule has 0 saturated heterocycles. The Labute approximate surface area is 75.3 Å². The third-order valence-electron chi connectivity index (χ3n) is 0.257. The molecule has 0 aliphatic rings. The van der Waals surface area contributed by atoms with Crippen LogP contribution in [-0.2, 0) is 14.6 Å². The normalized spacial score (nSPS) is 14.1. The molecular formula is C2H5NaO5S. The van der Waals surface area contributed by atoms with Gasteiger partial charge in [-0.05, 0) is 6.92 Å². The first-order chi connectivity index (χ1) is 3.42. The quantitative estimate of drug-likeness (QED) is 0.193. The smallest absolute Gasteiger partial charge is 0.725 e. The Kier molecular flexibility index (Phi) is 6.41. The van der Waals surface area contributed by atoms with Gasteiger partial charge in [0.2, 0.25) is 10.4 Å². The van der Waals surface area contributed by atoms with Crippen LogP contribution in [-0.4, -0.2) is 24.4 Å². The zero-order chi connectivity index (χ0) is 6.78. The molecule has 0 heterocycles. The van der Waals surface area contributed by atoms with Gasteiger partial charge in [0.15, 0.2) is 6.29 Å². The van der Waals surface area contributed by atoms with Crippen molar-refractivity contribution >= 4 is 10.4 Å². The van der Waals surface area contributed by atoms with Gasteiger partial charge in [0.1, 0.15) is 0 Å². The Morgan fingerprint density at radius 3 is 2.00 bits per heavy atom. The van der Waals surface area contributed by atoms with E-state index >= 15 is 0 Å². The fourth-order valence-electron chi connectivity index (χ4n) is 0.171. The summed E-state index contributed by atoms with van der Waals surface area (Å²) in [6.45, 7) is 1.02. The number of aliphatic hydroxyl groups is 1. The molecule has 1 unspecified atom stereocenters. The molecule has 5 nitrogen and oxygen atoms in total. The van der Waals surface area contributed by atoms with Crippen molar-refractivity contribution in [1.82, 2.24) is 0 Å². The van der Waals surface area contributed by atoms with E-state index in [9.17, 15) is 13.0 Å². The molecular weight excluding hydrogens is 159 g/mol. The van der Waals surface area contributed by atoms with Crippen molar-refractivity contribution in [2.75, 3.05) is 0 Å². The van der Waals surface area contributed by atoms with Gasteiger partial charge in [-0.15, -0.1) is 0 Å². The van der Waals surface area contributed by atoms with Crippen LogP contribution in [0.3, 0.4) is 0 Å². The number of rotatable bonds is 2. The Bertz CT molecular complexity index is 148. The summed E-state index contributed by atoms with van der Waals surface area (Å²) in [7, 11) is -4.72. The Morgan fingerprint density at radius 2 is 2.00 bits per heavy atom. The minimum Gasteiger partial charge on any atom is -0.725 e. The SMILES string of the molecule is CC(O)OS(=O)(=O)[O-].[Na+]. The monoisotopic (exact) mass is 164 g/mol. The van der Waals surface area contributed by atoms with Gasteiger partial charge in [-0.25, -0.2) is 12.6 Å². The van der Waals surface area contributed by atoms with Crippen molar-refractivity contribution < 1.29 is 51.8 Å². The van der Waals surface area contributed by atoms with Gasteiger partial charge in [0.05, 0.1) is 0 Å². The van der Waals surface area contributed by atoms with Crippen molar-refractivity contribution in [1.29, 1.82) is 0 Å². The Morgan fingerprint density at radius 1 is 1.67 bits per heavy atom. The number of hydrogen-bond acceptors (Lipinski definition) is 5. The first-order valence-corrected chi connectivity index (χ1v) is 3.07. The van der Waals surface area contributed by atoms with Gasteiger partial charge in [-0.1, -0.05) is 0 Å². The van der Waals surface area contributed by atoms with Gasteiger partial charge in [0.25, 0.3) is 0 Å². The van der Waals surface area contributed by atoms with Gasteiger partial charge in [-0.2, -0.15) is 0 Å². The van der Waals surface area contributed by atoms with Crippen LogP contribution in [0.5, 0.6) is 0 Å². The predicted molar refractivity (Wildman–Crippen MR) is 22.5 cm³/mol. The molecule has 0 rings (SSSR count). The van der Waals surface area contributed by atoms with Gasteiger partial charge in [-0.3, -0.25) is 0 Å². The molecule has 0 aromatic carbocycles. The van der Waals surface area contributed by atoms with Crippen molar-refractivity contribution in [2.45, 2.75) is 13.2 Å². The van der Waals surface area contributed by atoms with Crippen LogP contribution in [0.2, 0.25) is 0 Å². The fraction of sp³-hybridized carbons (Fsp3) is 1.00. The maximum atomic E-state index is 9.50. The number of aliphatic hydroxyl groups excluding tert-OH is 1. The molecule has 0 aromatic heterocycles. The number of hydrogen-bond donors (Lipinski definition) is 1. The molecule has 0 fully saturated rings. The topological polar surface area (TPSA) is 86.7 Å². The second-order valence-corrected chi connectivity index (χ2v) is 2.11. The Hall–Kier alpha value is 0.830. The molecule has 1 atom stereocenters. The Balaban J connectivity index is 0. The summed E-state index contributed by atoms with van der Waals surface area (Å²) in [6.07, 6.45) is -1.56. The summed E-state index contributed by atoms with van der Waals surface area (Å²) in [4.78, 5) is 0. The van der Waals surface area contributed by atoms with E-state index in [1.165, 1.54) is 0 Å². The fourth-order valence-corrected chi connectivity index (χ4v) is 0.512. The van der Waals surface area contributed by atoms with E-state index in [0.29, 0.717) is 0 Å². The largest absolute Gasteiger partial charge is 1.00 e. The predicted octanol–water partition coefficient (Wildman–Crippen LogP) is -4.19. The molecule has 0 saturated carbocycles. The zero-order valence-corrected chi connectivity index (χ0v) is 7.88. The summed E-state index contributed by atoms with van der Waals surface area (Å²) in [5, 5.41) is 8.09. The van der Waals surface area contributed by atoms with E-state index < -0.39 is 16.7 Å². The third-order valence-corrected chi connectivity index (χ3v) is 0.771. The van der Waals surface area contributed by atoms with E-state index in [2.05, 4.69) is 4.18 Å². The molecule has 0 aliphatic carbocycles. The molecule has 9 heavy (non-hydrogen) atoms. The first-order valence-electron chi connectivity index (χ1n) is 1.74. The second-order valence-electron chi connectivity index (χ2n) is 1.10.